The van der Waals surface area contributed by atoms with Crippen LogP contribution in [0.25, 0.3) is 0 Å². The third kappa shape index (κ3) is 7.21. The van der Waals surface area contributed by atoms with E-state index in [0.29, 0.717) is 26.2 Å². The average molecular weight is 391 g/mol. The van der Waals surface area contributed by atoms with Gasteiger partial charge in [0.25, 0.3) is 0 Å². The van der Waals surface area contributed by atoms with Gasteiger partial charge in [0.2, 0.25) is 0 Å². The molecular formula is C21H30NO4P. The first kappa shape index (κ1) is 21.8. The zero-order chi connectivity index (χ0) is 19.5. The van der Waals surface area contributed by atoms with Crippen molar-refractivity contribution in [1.82, 2.24) is 4.90 Å². The molecule has 0 aliphatic carbocycles. The lowest BCUT2D eigenvalue weighted by Crippen LogP contribution is -2.40. The van der Waals surface area contributed by atoms with Crippen LogP contribution in [0, 0.1) is 0 Å². The molecule has 148 valence electrons. The maximum atomic E-state index is 13.1. The molecule has 0 saturated heterocycles. The van der Waals surface area contributed by atoms with E-state index in [-0.39, 0.29) is 18.9 Å². The molecular weight excluding hydrogens is 361 g/mol. The number of aliphatic hydroxyl groups is 1. The third-order valence-corrected chi connectivity index (χ3v) is 6.29. The second-order valence-electron chi connectivity index (χ2n) is 6.35. The first-order chi connectivity index (χ1) is 13.1. The van der Waals surface area contributed by atoms with Crippen LogP contribution in [0.1, 0.15) is 25.0 Å². The molecule has 2 aromatic carbocycles. The largest absolute Gasteiger partial charge is 0.395 e. The van der Waals surface area contributed by atoms with E-state index in [1.165, 1.54) is 0 Å². The zero-order valence-corrected chi connectivity index (χ0v) is 17.1. The lowest BCUT2D eigenvalue weighted by molar-refractivity contribution is 0.118. The van der Waals surface area contributed by atoms with E-state index in [0.717, 1.165) is 11.1 Å². The monoisotopic (exact) mass is 391 g/mol. The van der Waals surface area contributed by atoms with Crippen molar-refractivity contribution in [2.45, 2.75) is 32.9 Å². The highest BCUT2D eigenvalue weighted by Gasteiger charge is 2.31. The molecule has 0 unspecified atom stereocenters. The van der Waals surface area contributed by atoms with Gasteiger partial charge in [-0.05, 0) is 31.4 Å². The van der Waals surface area contributed by atoms with Crippen molar-refractivity contribution >= 4 is 7.60 Å². The van der Waals surface area contributed by atoms with Crippen LogP contribution in [0.2, 0.25) is 0 Å². The number of hydrogen-bond acceptors (Lipinski definition) is 5. The Labute approximate surface area is 162 Å². The van der Waals surface area contributed by atoms with Crippen molar-refractivity contribution < 1.29 is 18.7 Å². The fraction of sp³-hybridized carbons (Fsp3) is 0.429. The molecule has 2 rings (SSSR count). The van der Waals surface area contributed by atoms with Crippen molar-refractivity contribution in [3.63, 3.8) is 0 Å². The van der Waals surface area contributed by atoms with Gasteiger partial charge < -0.3 is 14.2 Å². The van der Waals surface area contributed by atoms with E-state index in [1.807, 2.05) is 65.6 Å². The summed E-state index contributed by atoms with van der Waals surface area (Å²) in [5, 5.41) is 10.1. The van der Waals surface area contributed by atoms with Crippen LogP contribution in [0.15, 0.2) is 60.7 Å². The van der Waals surface area contributed by atoms with Gasteiger partial charge in [-0.1, -0.05) is 60.7 Å². The lowest BCUT2D eigenvalue weighted by Gasteiger charge is -2.33. The molecule has 2 aromatic rings. The van der Waals surface area contributed by atoms with E-state index < -0.39 is 7.60 Å². The smallest absolute Gasteiger partial charge is 0.344 e. The highest BCUT2D eigenvalue weighted by Crippen LogP contribution is 2.49. The summed E-state index contributed by atoms with van der Waals surface area (Å²) in [5.74, 6) is 0. The number of hydrogen-bond donors (Lipinski definition) is 1. The van der Waals surface area contributed by atoms with E-state index in [1.54, 1.807) is 13.8 Å². The Morgan fingerprint density at radius 1 is 0.926 bits per heavy atom. The number of benzene rings is 2. The number of aliphatic hydroxyl groups excluding tert-OH is 1. The summed E-state index contributed by atoms with van der Waals surface area (Å²) in [7, 11) is -3.27. The van der Waals surface area contributed by atoms with Crippen molar-refractivity contribution in [3.05, 3.63) is 71.8 Å². The first-order valence-electron chi connectivity index (χ1n) is 9.41. The summed E-state index contributed by atoms with van der Waals surface area (Å²) in [6, 6.07) is 19.8. The Balaban J connectivity index is 2.24. The minimum absolute atomic E-state index is 0.0417. The normalized spacial score (nSPS) is 13.0. The minimum Gasteiger partial charge on any atom is -0.395 e. The van der Waals surface area contributed by atoms with Crippen molar-refractivity contribution in [2.24, 2.45) is 0 Å². The Bertz CT molecular complexity index is 686. The second-order valence-corrected chi connectivity index (χ2v) is 8.37. The number of rotatable bonds is 12. The first-order valence-corrected chi connectivity index (χ1v) is 11.1. The summed E-state index contributed by atoms with van der Waals surface area (Å²) in [4.78, 5) is 2.01. The predicted molar refractivity (Wildman–Crippen MR) is 109 cm³/mol. The summed E-state index contributed by atoms with van der Waals surface area (Å²) < 4.78 is 24.1. The van der Waals surface area contributed by atoms with Crippen molar-refractivity contribution in [2.75, 3.05) is 26.1 Å². The highest BCUT2D eigenvalue weighted by molar-refractivity contribution is 7.53. The molecule has 0 fully saturated rings. The van der Waals surface area contributed by atoms with Gasteiger partial charge in [0.15, 0.2) is 0 Å². The van der Waals surface area contributed by atoms with Gasteiger partial charge in [0.1, 0.15) is 6.29 Å². The maximum absolute atomic E-state index is 13.1. The fourth-order valence-electron chi connectivity index (χ4n) is 3.04. The lowest BCUT2D eigenvalue weighted by atomic mass is 10.0. The molecule has 6 heteroatoms. The van der Waals surface area contributed by atoms with Crippen LogP contribution in [0.5, 0.6) is 0 Å². The van der Waals surface area contributed by atoms with Crippen LogP contribution >= 0.6 is 7.60 Å². The minimum atomic E-state index is -3.27. The molecule has 0 heterocycles. The summed E-state index contributed by atoms with van der Waals surface area (Å²) in [6.07, 6.45) is 0.796. The molecule has 0 aliphatic rings. The van der Waals surface area contributed by atoms with Gasteiger partial charge in [-0.25, -0.2) is 0 Å². The van der Waals surface area contributed by atoms with Crippen LogP contribution in [-0.2, 0) is 26.6 Å². The summed E-state index contributed by atoms with van der Waals surface area (Å²) in [5.41, 5.74) is 2.21. The molecule has 0 radical (unpaired) electrons. The molecule has 27 heavy (non-hydrogen) atoms. The SMILES string of the molecule is CCOP(=O)(CN(Cc1ccccc1)[C@H](CO)Cc1ccccc1)OCC. The fourth-order valence-corrected chi connectivity index (χ4v) is 4.84. The Morgan fingerprint density at radius 3 is 1.93 bits per heavy atom. The van der Waals surface area contributed by atoms with E-state index >= 15 is 0 Å². The zero-order valence-electron chi connectivity index (χ0n) is 16.2. The van der Waals surface area contributed by atoms with E-state index in [4.69, 9.17) is 9.05 Å². The molecule has 0 aliphatic heterocycles. The van der Waals surface area contributed by atoms with Gasteiger partial charge in [0.05, 0.1) is 19.8 Å². The van der Waals surface area contributed by atoms with Crippen molar-refractivity contribution in [3.8, 4) is 0 Å². The maximum Gasteiger partial charge on any atom is 0.344 e. The van der Waals surface area contributed by atoms with Gasteiger partial charge in [-0.3, -0.25) is 9.46 Å². The Kier molecular flexibility index (Phi) is 9.19. The molecule has 5 nitrogen and oxygen atoms in total. The van der Waals surface area contributed by atoms with Crippen LogP contribution in [0.4, 0.5) is 0 Å². The third-order valence-electron chi connectivity index (χ3n) is 4.28. The van der Waals surface area contributed by atoms with E-state index in [2.05, 4.69) is 0 Å². The molecule has 1 N–H and O–H groups in total. The summed E-state index contributed by atoms with van der Waals surface area (Å²) >= 11 is 0. The second kappa shape index (κ2) is 11.4. The molecule has 1 atom stereocenters. The topological polar surface area (TPSA) is 59.0 Å². The Morgan fingerprint density at radius 2 is 1.44 bits per heavy atom. The standard InChI is InChI=1S/C21H30NO4P/c1-3-25-27(24,26-4-2)18-22(16-20-13-9-6-10-14-20)21(17-23)15-19-11-7-5-8-12-19/h5-14,21,23H,3-4,15-18H2,1-2H3/t21-/m0/s1. The van der Waals surface area contributed by atoms with Gasteiger partial charge in [-0.2, -0.15) is 0 Å². The van der Waals surface area contributed by atoms with E-state index in [9.17, 15) is 9.67 Å². The molecule has 0 spiro atoms. The van der Waals surface area contributed by atoms with Crippen LogP contribution in [-0.4, -0.2) is 42.2 Å². The molecule has 0 bridgehead atoms. The quantitative estimate of drug-likeness (QED) is 0.546. The molecule has 0 amide bonds. The average Bonchev–Trinajstić information content (AvgIpc) is 2.67. The van der Waals surface area contributed by atoms with Gasteiger partial charge in [-0.15, -0.1) is 0 Å². The Hall–Kier alpha value is -1.49. The molecule has 0 saturated carbocycles. The van der Waals surface area contributed by atoms with Gasteiger partial charge in [0, 0.05) is 12.6 Å². The number of nitrogens with zero attached hydrogens (tertiary/aromatic N) is 1. The summed E-state index contributed by atoms with van der Waals surface area (Å²) in [6.45, 7) is 4.77. The van der Waals surface area contributed by atoms with Crippen LogP contribution in [0.3, 0.4) is 0 Å². The van der Waals surface area contributed by atoms with Crippen molar-refractivity contribution in [1.29, 1.82) is 0 Å². The van der Waals surface area contributed by atoms with Gasteiger partial charge >= 0.3 is 7.60 Å². The molecule has 0 aromatic heterocycles. The predicted octanol–water partition coefficient (Wildman–Crippen LogP) is 4.32. The van der Waals surface area contributed by atoms with Crippen LogP contribution < -0.4 is 0 Å². The highest BCUT2D eigenvalue weighted by atomic mass is 31.2.